The highest BCUT2D eigenvalue weighted by molar-refractivity contribution is 5.20. The molecule has 1 atom stereocenters. The lowest BCUT2D eigenvalue weighted by molar-refractivity contribution is 0.00196. The maximum absolute atomic E-state index is 5.89. The molecule has 1 fully saturated rings. The molecule has 114 valence electrons. The molecule has 1 N–H and O–H groups in total. The minimum atomic E-state index is 0.394. The Bertz CT molecular complexity index is 401. The van der Waals surface area contributed by atoms with Crippen LogP contribution >= 0.6 is 0 Å². The van der Waals surface area contributed by atoms with Crippen LogP contribution in [0, 0.1) is 6.92 Å². The van der Waals surface area contributed by atoms with E-state index in [-0.39, 0.29) is 0 Å². The predicted molar refractivity (Wildman–Crippen MR) is 80.8 cm³/mol. The molecule has 1 aromatic rings. The molecule has 4 heteroatoms. The van der Waals surface area contributed by atoms with Crippen molar-refractivity contribution in [3.8, 4) is 0 Å². The molecule has 4 nitrogen and oxygen atoms in total. The van der Waals surface area contributed by atoms with Gasteiger partial charge in [-0.15, -0.1) is 0 Å². The Morgan fingerprint density at radius 3 is 3.05 bits per heavy atom. The van der Waals surface area contributed by atoms with Gasteiger partial charge in [-0.2, -0.15) is 0 Å². The molecule has 20 heavy (non-hydrogen) atoms. The molecule has 1 aliphatic rings. The van der Waals surface area contributed by atoms with Gasteiger partial charge in [-0.05, 0) is 45.8 Å². The lowest BCUT2D eigenvalue weighted by Gasteiger charge is -2.31. The molecule has 1 aromatic heterocycles. The van der Waals surface area contributed by atoms with E-state index in [1.54, 1.807) is 0 Å². The molecule has 2 heterocycles. The molecule has 0 radical (unpaired) electrons. The van der Waals surface area contributed by atoms with E-state index in [0.29, 0.717) is 6.10 Å². The van der Waals surface area contributed by atoms with Crippen molar-refractivity contribution in [3.05, 3.63) is 23.2 Å². The Morgan fingerprint density at radius 1 is 1.45 bits per heavy atom. The summed E-state index contributed by atoms with van der Waals surface area (Å²) in [5, 5.41) is 3.35. The normalized spacial score (nSPS) is 20.4. The third-order valence-electron chi connectivity index (χ3n) is 3.88. The van der Waals surface area contributed by atoms with Crippen molar-refractivity contribution >= 4 is 0 Å². The molecule has 0 saturated carbocycles. The molecule has 0 aliphatic carbocycles. The van der Waals surface area contributed by atoms with E-state index in [2.05, 4.69) is 37.1 Å². The van der Waals surface area contributed by atoms with Crippen LogP contribution in [0.2, 0.25) is 0 Å². The van der Waals surface area contributed by atoms with E-state index >= 15 is 0 Å². The van der Waals surface area contributed by atoms with Crippen molar-refractivity contribution < 1.29 is 9.15 Å². The highest BCUT2D eigenvalue weighted by Gasteiger charge is 2.21. The summed E-state index contributed by atoms with van der Waals surface area (Å²) in [6.45, 7) is 12.0. The zero-order chi connectivity index (χ0) is 14.4. The summed E-state index contributed by atoms with van der Waals surface area (Å²) in [4.78, 5) is 2.44. The lowest BCUT2D eigenvalue weighted by Crippen LogP contribution is -2.39. The molecule has 0 aromatic carbocycles. The van der Waals surface area contributed by atoms with Gasteiger partial charge in [0.1, 0.15) is 11.5 Å². The summed E-state index contributed by atoms with van der Waals surface area (Å²) in [5.74, 6) is 2.12. The fraction of sp³-hybridized carbons (Fsp3) is 0.750. The minimum absolute atomic E-state index is 0.394. The molecular weight excluding hydrogens is 252 g/mol. The van der Waals surface area contributed by atoms with Crippen LogP contribution in [0.5, 0.6) is 0 Å². The van der Waals surface area contributed by atoms with Gasteiger partial charge in [0.05, 0.1) is 12.6 Å². The smallest absolute Gasteiger partial charge is 0.118 e. The summed E-state index contributed by atoms with van der Waals surface area (Å²) in [6, 6.07) is 2.20. The van der Waals surface area contributed by atoms with Crippen molar-refractivity contribution in [2.75, 3.05) is 26.2 Å². The highest BCUT2D eigenvalue weighted by Crippen LogP contribution is 2.19. The standard InChI is InChI=1S/C16H28N2O2/c1-4-17-10-14-9-16(20-13(14)3)12-18-8-6-7-15(11-18)19-5-2/h9,15,17H,4-8,10-12H2,1-3H3. The summed E-state index contributed by atoms with van der Waals surface area (Å²) in [7, 11) is 0. The van der Waals surface area contributed by atoms with Crippen molar-refractivity contribution in [3.63, 3.8) is 0 Å². The molecule has 2 rings (SSSR count). The fourth-order valence-corrected chi connectivity index (χ4v) is 2.85. The first kappa shape index (κ1) is 15.5. The van der Waals surface area contributed by atoms with Gasteiger partial charge in [0, 0.05) is 25.3 Å². The number of hydrogen-bond donors (Lipinski definition) is 1. The fourth-order valence-electron chi connectivity index (χ4n) is 2.85. The molecule has 0 bridgehead atoms. The molecule has 1 unspecified atom stereocenters. The number of nitrogens with zero attached hydrogens (tertiary/aromatic N) is 1. The number of likely N-dealkylation sites (tertiary alicyclic amines) is 1. The average molecular weight is 280 g/mol. The maximum Gasteiger partial charge on any atom is 0.118 e. The van der Waals surface area contributed by atoms with E-state index < -0.39 is 0 Å². The Labute approximate surface area is 122 Å². The van der Waals surface area contributed by atoms with Gasteiger partial charge in [-0.3, -0.25) is 4.90 Å². The van der Waals surface area contributed by atoms with Crippen LogP contribution in [0.1, 0.15) is 43.8 Å². The predicted octanol–water partition coefficient (Wildman–Crippen LogP) is 2.70. The Morgan fingerprint density at radius 2 is 2.30 bits per heavy atom. The van der Waals surface area contributed by atoms with E-state index in [9.17, 15) is 0 Å². The topological polar surface area (TPSA) is 37.6 Å². The average Bonchev–Trinajstić information content (AvgIpc) is 2.77. The van der Waals surface area contributed by atoms with Crippen LogP contribution in [0.15, 0.2) is 10.5 Å². The second-order valence-corrected chi connectivity index (χ2v) is 5.53. The maximum atomic E-state index is 5.89. The second-order valence-electron chi connectivity index (χ2n) is 5.53. The molecule has 1 saturated heterocycles. The van der Waals surface area contributed by atoms with E-state index in [4.69, 9.17) is 9.15 Å². The molecule has 0 spiro atoms. The van der Waals surface area contributed by atoms with Crippen LogP contribution in [0.3, 0.4) is 0 Å². The van der Waals surface area contributed by atoms with Gasteiger partial charge < -0.3 is 14.5 Å². The number of ether oxygens (including phenoxy) is 1. The summed E-state index contributed by atoms with van der Waals surface area (Å²) >= 11 is 0. The van der Waals surface area contributed by atoms with Crippen molar-refractivity contribution in [1.82, 2.24) is 10.2 Å². The van der Waals surface area contributed by atoms with Gasteiger partial charge in [0.15, 0.2) is 0 Å². The Hall–Kier alpha value is -0.840. The first-order valence-corrected chi connectivity index (χ1v) is 7.85. The van der Waals surface area contributed by atoms with Gasteiger partial charge >= 0.3 is 0 Å². The molecule has 0 amide bonds. The zero-order valence-electron chi connectivity index (χ0n) is 13.1. The SMILES string of the molecule is CCNCc1cc(CN2CCCC(OCC)C2)oc1C. The molecule has 1 aliphatic heterocycles. The quantitative estimate of drug-likeness (QED) is 0.833. The van der Waals surface area contributed by atoms with Crippen LogP contribution in [-0.4, -0.2) is 37.2 Å². The first-order chi connectivity index (χ1) is 9.72. The Balaban J connectivity index is 1.89. The lowest BCUT2D eigenvalue weighted by atomic mass is 10.1. The number of furan rings is 1. The number of nitrogens with one attached hydrogen (secondary N) is 1. The van der Waals surface area contributed by atoms with Crippen molar-refractivity contribution in [1.29, 1.82) is 0 Å². The van der Waals surface area contributed by atoms with Crippen LogP contribution in [0.25, 0.3) is 0 Å². The number of aryl methyl sites for hydroxylation is 1. The first-order valence-electron chi connectivity index (χ1n) is 7.85. The number of piperidine rings is 1. The third-order valence-corrected chi connectivity index (χ3v) is 3.88. The van der Waals surface area contributed by atoms with Crippen LogP contribution in [0.4, 0.5) is 0 Å². The van der Waals surface area contributed by atoms with E-state index in [1.807, 2.05) is 0 Å². The van der Waals surface area contributed by atoms with E-state index in [1.165, 1.54) is 18.4 Å². The summed E-state index contributed by atoms with van der Waals surface area (Å²) < 4.78 is 11.6. The van der Waals surface area contributed by atoms with Crippen molar-refractivity contribution in [2.24, 2.45) is 0 Å². The number of hydrogen-bond acceptors (Lipinski definition) is 4. The summed E-state index contributed by atoms with van der Waals surface area (Å²) in [5.41, 5.74) is 1.28. The second kappa shape index (κ2) is 7.81. The van der Waals surface area contributed by atoms with Gasteiger partial charge in [0.25, 0.3) is 0 Å². The number of rotatable bonds is 7. The van der Waals surface area contributed by atoms with E-state index in [0.717, 1.165) is 50.9 Å². The zero-order valence-corrected chi connectivity index (χ0v) is 13.1. The van der Waals surface area contributed by atoms with Gasteiger partial charge in [-0.1, -0.05) is 6.92 Å². The van der Waals surface area contributed by atoms with Crippen molar-refractivity contribution in [2.45, 2.75) is 52.8 Å². The summed E-state index contributed by atoms with van der Waals surface area (Å²) in [6.07, 6.45) is 2.80. The Kier molecular flexibility index (Phi) is 6.07. The monoisotopic (exact) mass is 280 g/mol. The van der Waals surface area contributed by atoms with Gasteiger partial charge in [0.2, 0.25) is 0 Å². The van der Waals surface area contributed by atoms with Gasteiger partial charge in [-0.25, -0.2) is 0 Å². The van der Waals surface area contributed by atoms with Crippen LogP contribution in [-0.2, 0) is 17.8 Å². The highest BCUT2D eigenvalue weighted by atomic mass is 16.5. The molecular formula is C16H28N2O2. The third kappa shape index (κ3) is 4.33. The largest absolute Gasteiger partial charge is 0.465 e. The minimum Gasteiger partial charge on any atom is -0.465 e. The van der Waals surface area contributed by atoms with Crippen LogP contribution < -0.4 is 5.32 Å².